The molecule has 1 N–H and O–H groups in total. The molecule has 1 aliphatic rings. The van der Waals surface area contributed by atoms with E-state index in [-0.39, 0.29) is 15.4 Å². The second kappa shape index (κ2) is 11.1. The number of carbonyl (C=O) groups is 1. The number of ether oxygens (including phenoxy) is 3. The summed E-state index contributed by atoms with van der Waals surface area (Å²) in [6.45, 7) is 6.66. The highest BCUT2D eigenvalue weighted by atomic mass is 35.5. The molecule has 2 aromatic rings. The van der Waals surface area contributed by atoms with Gasteiger partial charge in [-0.3, -0.25) is 0 Å². The number of esters is 1. The lowest BCUT2D eigenvalue weighted by atomic mass is 9.86. The summed E-state index contributed by atoms with van der Waals surface area (Å²) in [7, 11) is -2.77. The molecule has 0 spiro atoms. The van der Waals surface area contributed by atoms with Crippen LogP contribution in [0.3, 0.4) is 0 Å². The summed E-state index contributed by atoms with van der Waals surface area (Å²) in [4.78, 5) is 12.9. The lowest BCUT2D eigenvalue weighted by molar-refractivity contribution is -0.136. The normalized spacial score (nSPS) is 16.3. The van der Waals surface area contributed by atoms with Crippen LogP contribution < -0.4 is 10.1 Å². The maximum absolute atomic E-state index is 13.9. The summed E-state index contributed by atoms with van der Waals surface area (Å²) in [5.41, 5.74) is 1.60. The van der Waals surface area contributed by atoms with Crippen molar-refractivity contribution >= 4 is 27.4 Å². The minimum atomic E-state index is -4.03. The fraction of sp³-hybridized carbons (Fsp3) is 0.320. The van der Waals surface area contributed by atoms with Gasteiger partial charge in [0.2, 0.25) is 9.84 Å². The Morgan fingerprint density at radius 1 is 1.03 bits per heavy atom. The topological polar surface area (TPSA) is 90.9 Å². The summed E-state index contributed by atoms with van der Waals surface area (Å²) in [5.74, 6) is -1.04. The predicted octanol–water partition coefficient (Wildman–Crippen LogP) is 4.59. The zero-order chi connectivity index (χ0) is 24.9. The Balaban J connectivity index is 2.07. The van der Waals surface area contributed by atoms with Crippen molar-refractivity contribution in [2.75, 3.05) is 26.9 Å². The van der Waals surface area contributed by atoms with Crippen LogP contribution in [0.2, 0.25) is 5.02 Å². The van der Waals surface area contributed by atoms with E-state index in [0.717, 1.165) is 0 Å². The van der Waals surface area contributed by atoms with Crippen molar-refractivity contribution in [2.24, 2.45) is 0 Å². The molecule has 2 aromatic carbocycles. The molecule has 7 nitrogen and oxygen atoms in total. The maximum atomic E-state index is 13.9. The smallest absolute Gasteiger partial charge is 0.336 e. The van der Waals surface area contributed by atoms with Gasteiger partial charge >= 0.3 is 5.97 Å². The average Bonchev–Trinajstić information content (AvgIpc) is 2.81. The number of dihydropyridines is 1. The van der Waals surface area contributed by atoms with Crippen molar-refractivity contribution in [2.45, 2.75) is 31.6 Å². The molecule has 0 aromatic heterocycles. The molecule has 0 fully saturated rings. The van der Waals surface area contributed by atoms with Gasteiger partial charge in [0.25, 0.3) is 0 Å². The van der Waals surface area contributed by atoms with E-state index < -0.39 is 21.7 Å². The van der Waals surface area contributed by atoms with Crippen LogP contribution in [0.4, 0.5) is 0 Å². The molecule has 1 heterocycles. The second-order valence-electron chi connectivity index (χ2n) is 7.62. The summed E-state index contributed by atoms with van der Waals surface area (Å²) in [6, 6.07) is 13.0. The number of carbonyl (C=O) groups excluding carboxylic acids is 1. The Bertz CT molecular complexity index is 1220. The quantitative estimate of drug-likeness (QED) is 0.393. The number of allylic oxidation sites excluding steroid dienone is 3. The lowest BCUT2D eigenvalue weighted by Crippen LogP contribution is -2.31. The number of hydrogen-bond donors (Lipinski definition) is 1. The number of rotatable bonds is 9. The summed E-state index contributed by atoms with van der Waals surface area (Å²) < 4.78 is 43.6. The van der Waals surface area contributed by atoms with Gasteiger partial charge in [0.05, 0.1) is 35.0 Å². The van der Waals surface area contributed by atoms with Gasteiger partial charge < -0.3 is 19.5 Å². The first-order valence-electron chi connectivity index (χ1n) is 10.8. The molecule has 1 atom stereocenters. The van der Waals surface area contributed by atoms with Crippen LogP contribution in [0.5, 0.6) is 5.75 Å². The van der Waals surface area contributed by atoms with Gasteiger partial charge in [-0.15, -0.1) is 0 Å². The first-order chi connectivity index (χ1) is 16.2. The molecule has 1 aliphatic heterocycles. The zero-order valence-electron chi connectivity index (χ0n) is 19.6. The minimum Gasteiger partial charge on any atom is -0.491 e. The van der Waals surface area contributed by atoms with Crippen LogP contribution >= 0.6 is 11.6 Å². The van der Waals surface area contributed by atoms with E-state index >= 15 is 0 Å². The van der Waals surface area contributed by atoms with E-state index in [1.165, 1.54) is 19.2 Å². The van der Waals surface area contributed by atoms with Crippen LogP contribution in [-0.2, 0) is 24.1 Å². The van der Waals surface area contributed by atoms with Crippen LogP contribution in [0.25, 0.3) is 0 Å². The first-order valence-corrected chi connectivity index (χ1v) is 12.7. The van der Waals surface area contributed by atoms with E-state index in [1.54, 1.807) is 50.2 Å². The second-order valence-corrected chi connectivity index (χ2v) is 9.94. The Kier molecular flexibility index (Phi) is 8.41. The van der Waals surface area contributed by atoms with Gasteiger partial charge in [0, 0.05) is 23.0 Å². The number of hydrogen-bond acceptors (Lipinski definition) is 7. The Morgan fingerprint density at radius 2 is 1.71 bits per heavy atom. The molecule has 1 unspecified atom stereocenters. The Labute approximate surface area is 205 Å². The lowest BCUT2D eigenvalue weighted by Gasteiger charge is -2.31. The standard InChI is InChI=1S/C25H28ClNO6S/c1-5-32-14-15-33-18-10-12-19(13-11-18)34(29,30)24-17(3)27-16(2)22(25(28)31-4)23(24)20-8-6-7-9-21(20)26/h6-13,23,27H,5,14-15H2,1-4H3. The monoisotopic (exact) mass is 505 g/mol. The molecule has 0 bridgehead atoms. The van der Waals surface area contributed by atoms with Gasteiger partial charge in [-0.2, -0.15) is 0 Å². The van der Waals surface area contributed by atoms with Crippen LogP contribution in [0.1, 0.15) is 32.3 Å². The van der Waals surface area contributed by atoms with Crippen molar-refractivity contribution in [1.29, 1.82) is 0 Å². The summed E-state index contributed by atoms with van der Waals surface area (Å²) in [6.07, 6.45) is 0. The number of benzene rings is 2. The van der Waals surface area contributed by atoms with Crippen molar-refractivity contribution in [3.05, 3.63) is 81.0 Å². The van der Waals surface area contributed by atoms with Crippen molar-refractivity contribution in [3.63, 3.8) is 0 Å². The summed E-state index contributed by atoms with van der Waals surface area (Å²) in [5, 5.41) is 3.39. The van der Waals surface area contributed by atoms with Gasteiger partial charge in [0.1, 0.15) is 12.4 Å². The molecule has 34 heavy (non-hydrogen) atoms. The predicted molar refractivity (Wildman–Crippen MR) is 130 cm³/mol. The van der Waals surface area contributed by atoms with E-state index in [0.29, 0.717) is 47.6 Å². The summed E-state index contributed by atoms with van der Waals surface area (Å²) >= 11 is 6.48. The number of methoxy groups -OCH3 is 1. The molecular weight excluding hydrogens is 478 g/mol. The molecule has 9 heteroatoms. The Morgan fingerprint density at radius 3 is 2.32 bits per heavy atom. The maximum Gasteiger partial charge on any atom is 0.336 e. The number of sulfone groups is 1. The van der Waals surface area contributed by atoms with Crippen LogP contribution in [0, 0.1) is 0 Å². The zero-order valence-corrected chi connectivity index (χ0v) is 21.1. The van der Waals surface area contributed by atoms with Crippen molar-refractivity contribution in [3.8, 4) is 5.75 Å². The van der Waals surface area contributed by atoms with Gasteiger partial charge in [0.15, 0.2) is 0 Å². The van der Waals surface area contributed by atoms with Crippen LogP contribution in [-0.4, -0.2) is 41.3 Å². The van der Waals surface area contributed by atoms with Crippen LogP contribution in [0.15, 0.2) is 75.3 Å². The number of halogens is 1. The molecular formula is C25H28ClNO6S. The molecule has 3 rings (SSSR count). The fourth-order valence-corrected chi connectivity index (χ4v) is 5.93. The molecule has 0 radical (unpaired) electrons. The Hall–Kier alpha value is -2.81. The molecule has 0 saturated carbocycles. The molecule has 182 valence electrons. The first kappa shape index (κ1) is 25.8. The third-order valence-electron chi connectivity index (χ3n) is 5.45. The molecule has 0 amide bonds. The highest BCUT2D eigenvalue weighted by Crippen LogP contribution is 2.45. The van der Waals surface area contributed by atoms with Gasteiger partial charge in [-0.05, 0) is 56.7 Å². The fourth-order valence-electron chi connectivity index (χ4n) is 3.92. The van der Waals surface area contributed by atoms with E-state index in [4.69, 9.17) is 25.8 Å². The van der Waals surface area contributed by atoms with E-state index in [1.807, 2.05) is 6.92 Å². The highest BCUT2D eigenvalue weighted by Gasteiger charge is 2.41. The minimum absolute atomic E-state index is 0.0385. The third-order valence-corrected chi connectivity index (χ3v) is 7.80. The SMILES string of the molecule is CCOCCOc1ccc(S(=O)(=O)C2=C(C)NC(C)=C(C(=O)OC)C2c2ccccc2Cl)cc1. The van der Waals surface area contributed by atoms with Gasteiger partial charge in [-0.25, -0.2) is 13.2 Å². The van der Waals surface area contributed by atoms with Gasteiger partial charge in [-0.1, -0.05) is 29.8 Å². The highest BCUT2D eigenvalue weighted by molar-refractivity contribution is 7.95. The van der Waals surface area contributed by atoms with Crippen molar-refractivity contribution in [1.82, 2.24) is 5.32 Å². The third kappa shape index (κ3) is 5.29. The number of nitrogens with one attached hydrogen (secondary N) is 1. The largest absolute Gasteiger partial charge is 0.491 e. The molecule has 0 aliphatic carbocycles. The average molecular weight is 506 g/mol. The van der Waals surface area contributed by atoms with Crippen molar-refractivity contribution < 1.29 is 27.4 Å². The van der Waals surface area contributed by atoms with E-state index in [9.17, 15) is 13.2 Å². The van der Waals surface area contributed by atoms with E-state index in [2.05, 4.69) is 5.32 Å². The molecule has 0 saturated heterocycles.